The zero-order valence-corrected chi connectivity index (χ0v) is 55.2. The number of hydrogen-bond acceptors (Lipinski definition) is 16. The highest BCUT2D eigenvalue weighted by molar-refractivity contribution is 7.96. The lowest BCUT2D eigenvalue weighted by atomic mass is 10.0. The number of benzene rings is 5. The fourth-order valence-corrected chi connectivity index (χ4v) is 9.75. The van der Waals surface area contributed by atoms with Gasteiger partial charge in [-0.2, -0.15) is 26.3 Å². The van der Waals surface area contributed by atoms with Crippen LogP contribution in [0.15, 0.2) is 288 Å². The van der Waals surface area contributed by atoms with Gasteiger partial charge in [0.2, 0.25) is 39.7 Å². The van der Waals surface area contributed by atoms with E-state index in [9.17, 15) is 40.1 Å². The number of rotatable bonds is 27. The van der Waals surface area contributed by atoms with Gasteiger partial charge in [0.1, 0.15) is 17.4 Å². The van der Waals surface area contributed by atoms with Crippen molar-refractivity contribution in [3.63, 3.8) is 0 Å². The third kappa shape index (κ3) is 32.6. The average Bonchev–Trinajstić information content (AvgIpc) is 0.882. The second kappa shape index (κ2) is 46.3. The number of allylic oxidation sites excluding steroid dienone is 18. The maximum atomic E-state index is 12.3. The normalized spacial score (nSPS) is 13.4. The summed E-state index contributed by atoms with van der Waals surface area (Å²) in [5.74, 6) is -2.60. The van der Waals surface area contributed by atoms with Crippen molar-refractivity contribution >= 4 is 71.0 Å². The van der Waals surface area contributed by atoms with E-state index >= 15 is 0 Å². The van der Waals surface area contributed by atoms with E-state index < -0.39 is 81.4 Å². The van der Waals surface area contributed by atoms with Crippen LogP contribution in [0, 0.1) is 106 Å². The first-order chi connectivity index (χ1) is 47.6. The van der Waals surface area contributed by atoms with Crippen LogP contribution in [-0.4, -0.2) is 47.6 Å². The molecule has 0 heterocycles. The number of nitrogens with one attached hydrogen (secondary N) is 2. The largest absolute Gasteiger partial charge is 0.405 e. The van der Waals surface area contributed by atoms with E-state index in [4.69, 9.17) is 72.4 Å². The van der Waals surface area contributed by atoms with E-state index in [2.05, 4.69) is 28.8 Å². The van der Waals surface area contributed by atoms with Crippen LogP contribution in [0.1, 0.15) is 12.5 Å². The molecule has 5 aromatic rings. The molecule has 28 heteroatoms. The van der Waals surface area contributed by atoms with Crippen LogP contribution >= 0.6 is 0 Å². The molecule has 5 unspecified atom stereocenters. The van der Waals surface area contributed by atoms with Crippen LogP contribution in [0.5, 0.6) is 11.5 Å². The number of nitrogens with two attached hydrogens (primary N) is 2. The van der Waals surface area contributed by atoms with Crippen LogP contribution in [0.2, 0.25) is 0 Å². The lowest BCUT2D eigenvalue weighted by molar-refractivity contribution is -0.119. The summed E-state index contributed by atoms with van der Waals surface area (Å²) in [5.41, 5.74) is 12.5. The molecule has 99 heavy (non-hydrogen) atoms. The summed E-state index contributed by atoms with van der Waals surface area (Å²) in [6.45, 7) is 29.4. The number of amides is 2. The molecular weight excluding hydrogens is 1340 g/mol. The summed E-state index contributed by atoms with van der Waals surface area (Å²) >= 11 is -3.81. The van der Waals surface area contributed by atoms with Crippen molar-refractivity contribution < 1.29 is 43.2 Å². The minimum absolute atomic E-state index is 0.0334. The van der Waals surface area contributed by atoms with Crippen LogP contribution in [-0.2, 0) is 51.8 Å². The summed E-state index contributed by atoms with van der Waals surface area (Å²) in [7, 11) is -8.06. The van der Waals surface area contributed by atoms with Gasteiger partial charge in [0.15, 0.2) is 16.4 Å². The molecule has 0 aliphatic heterocycles. The highest BCUT2D eigenvalue weighted by Gasteiger charge is 2.23. The van der Waals surface area contributed by atoms with E-state index in [1.807, 2.05) is 48.5 Å². The summed E-state index contributed by atoms with van der Waals surface area (Å²) in [6, 6.07) is 53.4. The van der Waals surface area contributed by atoms with Gasteiger partial charge in [-0.1, -0.05) is 200 Å². The Hall–Kier alpha value is -13.8. The Bertz CT molecular complexity index is 4700. The van der Waals surface area contributed by atoms with Gasteiger partial charge in [-0.25, -0.2) is 49.9 Å². The van der Waals surface area contributed by atoms with Gasteiger partial charge < -0.3 is 19.8 Å². The molecule has 2 amide bonds. The van der Waals surface area contributed by atoms with Crippen molar-refractivity contribution in [3.05, 3.63) is 339 Å². The molecule has 5 aromatic carbocycles. The standard InChI is InChI=1S/C21H18N4O4S2.C21H16N2O4S2.C17H10N4.C12H12N4O2/c1-23-21(31(28,29)25-19-13-7-3-8-14-19)16-10-4-9-15-20(17-22)30(26,27)24-18-11-5-2-6-12-18;1-23-21(29(25)27-19-13-7-3-8-14-19)16-10-4-9-15-20(17-22)28(24)26-18-11-5-2-6-12-18;1-21-17(13-20)10-9-16(8-7-14(11-18)12-19)15-5-3-2-4-6-15;1-8(3-5-9(7-13)11(14)17)4-6-10(16-2)12(15)18/h2-16,20,24-25H;2-16,20H;2-10,14H;3-6,9H,1H3,(H2,14,17)(H2,15,18)/b2*10-4+,15-9+,21-16-;8-7+,16-9-,17-10+;5-3+,8-4+,10-6+. The minimum Gasteiger partial charge on any atom is -0.405 e. The van der Waals surface area contributed by atoms with Crippen molar-refractivity contribution in [2.24, 2.45) is 23.3 Å². The third-order valence-electron chi connectivity index (χ3n) is 11.2. The Morgan fingerprint density at radius 2 is 1.06 bits per heavy atom. The monoisotopic (exact) mass is 1390 g/mol. The molecule has 0 aliphatic rings. The molecule has 24 nitrogen and oxygen atoms in total. The Balaban J connectivity index is 0.000000459. The Kier molecular flexibility index (Phi) is 38.0. The van der Waals surface area contributed by atoms with Gasteiger partial charge in [0.25, 0.3) is 35.8 Å². The van der Waals surface area contributed by atoms with Gasteiger partial charge in [0, 0.05) is 11.4 Å². The molecule has 0 aromatic heterocycles. The summed E-state index contributed by atoms with van der Waals surface area (Å²) in [4.78, 5) is 33.7. The first-order valence-corrected chi connectivity index (χ1v) is 33.1. The fourth-order valence-electron chi connectivity index (χ4n) is 6.45. The topological polar surface area (TPSA) is 391 Å². The Morgan fingerprint density at radius 3 is 1.54 bits per heavy atom. The van der Waals surface area contributed by atoms with Gasteiger partial charge in [-0.15, -0.1) is 0 Å². The highest BCUT2D eigenvalue weighted by atomic mass is 32.2. The number of hydrogen-bond donors (Lipinski definition) is 4. The first-order valence-electron chi connectivity index (χ1n) is 27.8. The lowest BCUT2D eigenvalue weighted by Crippen LogP contribution is -2.24. The quantitative estimate of drug-likeness (QED) is 0.0164. The van der Waals surface area contributed by atoms with E-state index in [-0.39, 0.29) is 16.4 Å². The molecule has 0 saturated carbocycles. The summed E-state index contributed by atoms with van der Waals surface area (Å²) in [6.07, 6.45) is 25.1. The number of primary amides is 2. The Labute approximate surface area is 579 Å². The number of para-hydroxylation sites is 4. The van der Waals surface area contributed by atoms with Crippen LogP contribution in [0.25, 0.3) is 25.0 Å². The van der Waals surface area contributed by atoms with E-state index in [0.29, 0.717) is 34.0 Å². The number of anilines is 2. The fraction of sp³-hybridized carbons (Fsp3) is 0.0704. The minimum atomic E-state index is -4.07. The molecular formula is C71H56N14O10S4. The average molecular weight is 1390 g/mol. The van der Waals surface area contributed by atoms with E-state index in [1.54, 1.807) is 159 Å². The van der Waals surface area contributed by atoms with Crippen molar-refractivity contribution in [2.75, 3.05) is 9.44 Å². The maximum absolute atomic E-state index is 12.3. The smallest absolute Gasteiger partial charge is 0.297 e. The second-order valence-corrected chi connectivity index (χ2v) is 24.0. The lowest BCUT2D eigenvalue weighted by Gasteiger charge is -2.09. The summed E-state index contributed by atoms with van der Waals surface area (Å²) < 4.78 is 88.4. The molecule has 0 aliphatic carbocycles. The van der Waals surface area contributed by atoms with Gasteiger partial charge in [-0.3, -0.25) is 19.0 Å². The van der Waals surface area contributed by atoms with Crippen molar-refractivity contribution in [1.29, 1.82) is 31.6 Å². The number of carbonyl (C=O) groups is 2. The molecule has 0 bridgehead atoms. The highest BCUT2D eigenvalue weighted by Crippen LogP contribution is 2.20. The van der Waals surface area contributed by atoms with Crippen molar-refractivity contribution in [2.45, 2.75) is 17.4 Å². The molecule has 494 valence electrons. The Morgan fingerprint density at radius 1 is 0.535 bits per heavy atom. The van der Waals surface area contributed by atoms with Crippen molar-refractivity contribution in [1.82, 2.24) is 0 Å². The molecule has 5 rings (SSSR count). The number of nitriles is 6. The predicted molar refractivity (Wildman–Crippen MR) is 377 cm³/mol. The van der Waals surface area contributed by atoms with Crippen molar-refractivity contribution in [3.8, 4) is 47.9 Å². The zero-order valence-electron chi connectivity index (χ0n) is 52.0. The first kappa shape index (κ1) is 81.3. The summed E-state index contributed by atoms with van der Waals surface area (Å²) in [5, 5.41) is 50.1. The molecule has 0 saturated heterocycles. The van der Waals surface area contributed by atoms with Crippen LogP contribution < -0.4 is 29.3 Å². The SMILES string of the molecule is [C-]#[N+]/C(=C/C=C(C)/C=C/C(C#N)C(N)=O)C(N)=O.[C-]#[N+]/C(=C/C=C/C=C/C(C#N)S(=O)(=O)Nc1ccccc1)S(=O)(=O)Nc1ccccc1.[C-]#[N+]/C(=C/C=C/C=C/C(C#N)S(=O)Oc1ccccc1)S(=O)Oc1ccccc1.[C-]#[N+]/C(C#N)=C/C=C(/C=C/C(C#N)C#N)c1ccccc1. The van der Waals surface area contributed by atoms with Gasteiger partial charge >= 0.3 is 0 Å². The number of sulfonamides is 2. The molecule has 6 N–H and O–H groups in total. The van der Waals surface area contributed by atoms with Crippen LogP contribution in [0.3, 0.4) is 0 Å². The zero-order chi connectivity index (χ0) is 73.3. The number of carbonyl (C=O) groups excluding carboxylic acids is 2. The molecule has 0 radical (unpaired) electrons. The van der Waals surface area contributed by atoms with E-state index in [1.165, 1.54) is 85.1 Å². The third-order valence-corrected chi connectivity index (χ3v) is 15.9. The molecule has 0 fully saturated rings. The second-order valence-electron chi connectivity index (χ2n) is 18.3. The van der Waals surface area contributed by atoms with Gasteiger partial charge in [0.05, 0.1) is 62.7 Å². The molecule has 5 atom stereocenters. The maximum Gasteiger partial charge on any atom is 0.297 e. The van der Waals surface area contributed by atoms with E-state index in [0.717, 1.165) is 17.7 Å². The molecule has 0 spiro atoms. The van der Waals surface area contributed by atoms with Crippen LogP contribution in [0.4, 0.5) is 11.4 Å². The predicted octanol–water partition coefficient (Wildman–Crippen LogP) is 11.9. The number of nitrogens with zero attached hydrogens (tertiary/aromatic N) is 10. The van der Waals surface area contributed by atoms with Gasteiger partial charge in [-0.05, 0) is 84.8 Å².